The fourth-order valence-electron chi connectivity index (χ4n) is 4.83. The molecule has 0 fully saturated rings. The summed E-state index contributed by atoms with van der Waals surface area (Å²) < 4.78 is 0. The number of amides is 5. The molecule has 0 aliphatic heterocycles. The lowest BCUT2D eigenvalue weighted by atomic mass is 9.95. The number of nitrogens with one attached hydrogen (secondary N) is 5. The molecule has 9 N–H and O–H groups in total. The highest BCUT2D eigenvalue weighted by atomic mass is 16.4. The Morgan fingerprint density at radius 1 is 0.511 bits per heavy atom. The summed E-state index contributed by atoms with van der Waals surface area (Å²) in [4.78, 5) is 75.3. The number of aliphatic hydroxyl groups is 3. The second-order valence-corrected chi connectivity index (χ2v) is 13.9. The highest BCUT2D eigenvalue weighted by Crippen LogP contribution is 2.15. The molecule has 0 saturated carbocycles. The van der Waals surface area contributed by atoms with Crippen LogP contribution in [0.5, 0.6) is 0 Å². The topological polar surface area (TPSA) is 243 Å². The number of aliphatic hydroxyl groups excluding tert-OH is 3. The third kappa shape index (κ3) is 16.9. The van der Waals surface area contributed by atoms with E-state index in [1.54, 1.807) is 27.7 Å². The van der Waals surface area contributed by atoms with E-state index >= 15 is 0 Å². The second kappa shape index (κ2) is 20.8. The minimum atomic E-state index is -1.36. The number of carbonyl (C=O) groups is 6. The molecule has 0 saturated heterocycles. The van der Waals surface area contributed by atoms with Crippen LogP contribution in [0.2, 0.25) is 0 Å². The maximum Gasteiger partial charge on any atom is 0.306 e. The van der Waals surface area contributed by atoms with Crippen molar-refractivity contribution in [2.45, 2.75) is 143 Å². The molecule has 0 aromatic carbocycles. The number of carboxylic acid groups (broad SMARTS) is 1. The van der Waals surface area contributed by atoms with Crippen molar-refractivity contribution >= 4 is 35.5 Å². The summed E-state index contributed by atoms with van der Waals surface area (Å²) in [6.07, 6.45) is -4.46. The van der Waals surface area contributed by atoms with Gasteiger partial charge in [0.25, 0.3) is 0 Å². The van der Waals surface area contributed by atoms with Gasteiger partial charge in [-0.25, -0.2) is 0 Å². The second-order valence-electron chi connectivity index (χ2n) is 13.9. The van der Waals surface area contributed by atoms with E-state index in [4.69, 9.17) is 5.11 Å². The summed E-state index contributed by atoms with van der Waals surface area (Å²) >= 11 is 0. The first-order chi connectivity index (χ1) is 21.6. The van der Waals surface area contributed by atoms with Crippen molar-refractivity contribution in [2.75, 3.05) is 0 Å². The summed E-state index contributed by atoms with van der Waals surface area (Å²) in [5, 5.41) is 52.9. The third-order valence-corrected chi connectivity index (χ3v) is 7.46. The van der Waals surface area contributed by atoms with Crippen molar-refractivity contribution in [2.24, 2.45) is 23.7 Å². The van der Waals surface area contributed by atoms with Gasteiger partial charge in [0.05, 0.1) is 37.1 Å². The molecule has 0 radical (unpaired) electrons. The summed E-state index contributed by atoms with van der Waals surface area (Å²) in [6, 6.07) is -4.90. The van der Waals surface area contributed by atoms with Gasteiger partial charge in [0.15, 0.2) is 0 Å². The van der Waals surface area contributed by atoms with E-state index < -0.39 is 103 Å². The fourth-order valence-corrected chi connectivity index (χ4v) is 4.83. The van der Waals surface area contributed by atoms with E-state index in [1.165, 1.54) is 13.8 Å². The van der Waals surface area contributed by atoms with Gasteiger partial charge >= 0.3 is 5.97 Å². The molecule has 0 rings (SSSR count). The molecule has 0 aromatic heterocycles. The van der Waals surface area contributed by atoms with Crippen LogP contribution in [0.3, 0.4) is 0 Å². The van der Waals surface area contributed by atoms with E-state index in [1.807, 2.05) is 27.7 Å². The lowest BCUT2D eigenvalue weighted by Gasteiger charge is -2.31. The lowest BCUT2D eigenvalue weighted by molar-refractivity contribution is -0.140. The lowest BCUT2D eigenvalue weighted by Crippen LogP contribution is -2.59. The van der Waals surface area contributed by atoms with Crippen LogP contribution in [-0.4, -0.2) is 104 Å². The Hall–Kier alpha value is -3.30. The molecule has 0 heterocycles. The van der Waals surface area contributed by atoms with Gasteiger partial charge in [-0.3, -0.25) is 28.8 Å². The van der Waals surface area contributed by atoms with Gasteiger partial charge in [-0.2, -0.15) is 0 Å². The third-order valence-electron chi connectivity index (χ3n) is 7.46. The zero-order valence-corrected chi connectivity index (χ0v) is 29.5. The quantitative estimate of drug-likeness (QED) is 0.0777. The molecule has 1 unspecified atom stereocenters. The Balaban J connectivity index is 5.60. The van der Waals surface area contributed by atoms with Crippen molar-refractivity contribution in [3.8, 4) is 0 Å². The SMILES string of the molecule is CC(C)C[C@H](NC(=O)[C@H](C)NC(=O)C[C@H](O)[C@H](CC(C)C)NC(=O)[C@@H](NC(=O)[C@@H](NC(=O)C(C)O)C(C)C)C(C)C)[C@@H](O)CC(=O)O. The highest BCUT2D eigenvalue weighted by molar-refractivity contribution is 5.93. The van der Waals surface area contributed by atoms with Crippen LogP contribution >= 0.6 is 0 Å². The first-order valence-corrected chi connectivity index (χ1v) is 16.3. The maximum absolute atomic E-state index is 13.4. The Morgan fingerprint density at radius 2 is 0.894 bits per heavy atom. The van der Waals surface area contributed by atoms with Crippen LogP contribution in [0, 0.1) is 23.7 Å². The van der Waals surface area contributed by atoms with E-state index in [9.17, 15) is 44.1 Å². The summed E-state index contributed by atoms with van der Waals surface area (Å²) in [7, 11) is 0. The molecule has 0 aliphatic carbocycles. The van der Waals surface area contributed by atoms with Crippen LogP contribution < -0.4 is 26.6 Å². The zero-order chi connectivity index (χ0) is 36.8. The molecule has 8 atom stereocenters. The number of rotatable bonds is 21. The van der Waals surface area contributed by atoms with Crippen LogP contribution in [0.25, 0.3) is 0 Å². The van der Waals surface area contributed by atoms with E-state index in [0.717, 1.165) is 0 Å². The van der Waals surface area contributed by atoms with Gasteiger partial charge in [0, 0.05) is 0 Å². The molecular formula is C32H59N5O10. The van der Waals surface area contributed by atoms with Crippen molar-refractivity contribution < 1.29 is 49.2 Å². The number of hydrogen-bond donors (Lipinski definition) is 9. The van der Waals surface area contributed by atoms with Gasteiger partial charge in [-0.1, -0.05) is 55.4 Å². The molecule has 0 bridgehead atoms. The first kappa shape index (κ1) is 43.7. The Bertz CT molecular complexity index is 1050. The van der Waals surface area contributed by atoms with Crippen LogP contribution in [0.15, 0.2) is 0 Å². The minimum Gasteiger partial charge on any atom is -0.481 e. The largest absolute Gasteiger partial charge is 0.481 e. The molecule has 15 heteroatoms. The predicted molar refractivity (Wildman–Crippen MR) is 174 cm³/mol. The minimum absolute atomic E-state index is 0.00840. The van der Waals surface area contributed by atoms with E-state index in [0.29, 0.717) is 6.42 Å². The van der Waals surface area contributed by atoms with Gasteiger partial charge < -0.3 is 47.0 Å². The van der Waals surface area contributed by atoms with Gasteiger partial charge in [-0.15, -0.1) is 0 Å². The van der Waals surface area contributed by atoms with Gasteiger partial charge in [0.1, 0.15) is 24.2 Å². The summed E-state index contributed by atoms with van der Waals surface area (Å²) in [5.41, 5.74) is 0. The van der Waals surface area contributed by atoms with Crippen LogP contribution in [-0.2, 0) is 28.8 Å². The molecule has 0 spiro atoms. The fraction of sp³-hybridized carbons (Fsp3) is 0.812. The molecule has 15 nitrogen and oxygen atoms in total. The molecule has 47 heavy (non-hydrogen) atoms. The average Bonchev–Trinajstić information content (AvgIpc) is 2.91. The number of carbonyl (C=O) groups excluding carboxylic acids is 5. The van der Waals surface area contributed by atoms with Crippen molar-refractivity contribution in [1.82, 2.24) is 26.6 Å². The maximum atomic E-state index is 13.4. The molecule has 0 aromatic rings. The molecular weight excluding hydrogens is 614 g/mol. The Labute approximate surface area is 278 Å². The number of hydrogen-bond acceptors (Lipinski definition) is 9. The molecule has 0 aliphatic rings. The van der Waals surface area contributed by atoms with Crippen LogP contribution in [0.4, 0.5) is 0 Å². The van der Waals surface area contributed by atoms with Gasteiger partial charge in [-0.05, 0) is 50.4 Å². The standard InChI is InChI=1S/C32H59N5O10/c1-15(2)11-21(35-31(46)27(17(5)6)37-32(47)28(18(7)8)36-30(45)20(10)38)23(39)13-25(41)33-19(9)29(44)34-22(12-16(3)4)24(40)14-26(42)43/h15-24,27-28,38-40H,11-14H2,1-10H3,(H,33,41)(H,34,44)(H,35,46)(H,36,45)(H,37,47)(H,42,43)/t19-,20?,21-,22-,23-,24-,27-,28-/m0/s1. The van der Waals surface area contributed by atoms with E-state index in [-0.39, 0.29) is 24.2 Å². The van der Waals surface area contributed by atoms with Crippen molar-refractivity contribution in [1.29, 1.82) is 0 Å². The highest BCUT2D eigenvalue weighted by Gasteiger charge is 2.34. The number of aliphatic carboxylic acids is 1. The summed E-state index contributed by atoms with van der Waals surface area (Å²) in [6.45, 7) is 16.9. The normalized spacial score (nSPS) is 16.8. The average molecular weight is 674 g/mol. The van der Waals surface area contributed by atoms with Gasteiger partial charge in [0.2, 0.25) is 29.5 Å². The van der Waals surface area contributed by atoms with Crippen LogP contribution in [0.1, 0.15) is 94.9 Å². The van der Waals surface area contributed by atoms with E-state index in [2.05, 4.69) is 26.6 Å². The first-order valence-electron chi connectivity index (χ1n) is 16.3. The molecule has 272 valence electrons. The monoisotopic (exact) mass is 673 g/mol. The number of carboxylic acids is 1. The van der Waals surface area contributed by atoms with Crippen molar-refractivity contribution in [3.63, 3.8) is 0 Å². The Kier molecular flexibility index (Phi) is 19.4. The zero-order valence-electron chi connectivity index (χ0n) is 29.5. The molecule has 5 amide bonds. The predicted octanol–water partition coefficient (Wildman–Crippen LogP) is -0.198. The summed E-state index contributed by atoms with van der Waals surface area (Å²) in [5.74, 6) is -5.24. The van der Waals surface area contributed by atoms with Crippen molar-refractivity contribution in [3.05, 3.63) is 0 Å². The Morgan fingerprint density at radius 3 is 1.28 bits per heavy atom. The smallest absolute Gasteiger partial charge is 0.306 e.